The first-order valence-electron chi connectivity index (χ1n) is 5.79. The van der Waals surface area contributed by atoms with Crippen molar-refractivity contribution in [1.82, 2.24) is 10.3 Å². The molecule has 1 amide bonds. The van der Waals surface area contributed by atoms with E-state index in [4.69, 9.17) is 15.9 Å². The van der Waals surface area contributed by atoms with Gasteiger partial charge < -0.3 is 21.3 Å². The van der Waals surface area contributed by atoms with Crippen LogP contribution in [0.4, 0.5) is 0 Å². The van der Waals surface area contributed by atoms with Gasteiger partial charge in [0.05, 0.1) is 12.5 Å². The molecule has 2 atom stereocenters. The molecular formula is C12H15N3O5. The van der Waals surface area contributed by atoms with E-state index in [-0.39, 0.29) is 6.42 Å². The van der Waals surface area contributed by atoms with Crippen LogP contribution in [0.5, 0.6) is 0 Å². The largest absolute Gasteiger partial charge is 0.481 e. The number of carbonyl (C=O) groups excluding carboxylic acids is 1. The van der Waals surface area contributed by atoms with Gasteiger partial charge >= 0.3 is 11.9 Å². The van der Waals surface area contributed by atoms with Crippen molar-refractivity contribution in [1.29, 1.82) is 0 Å². The second kappa shape index (κ2) is 7.19. The lowest BCUT2D eigenvalue weighted by Gasteiger charge is -2.16. The molecule has 0 bridgehead atoms. The first kappa shape index (κ1) is 15.6. The van der Waals surface area contributed by atoms with E-state index in [0.29, 0.717) is 0 Å². The van der Waals surface area contributed by atoms with Gasteiger partial charge in [-0.05, 0) is 18.1 Å². The van der Waals surface area contributed by atoms with Crippen molar-refractivity contribution in [3.05, 3.63) is 30.1 Å². The molecule has 0 aliphatic heterocycles. The number of carbonyl (C=O) groups is 3. The third kappa shape index (κ3) is 5.02. The first-order chi connectivity index (χ1) is 9.40. The SMILES string of the molecule is N[C@@H](Cc1cccnc1)C(=O)N[C@@H](CC(=O)O)C(=O)O. The standard InChI is InChI=1S/C12H15N3O5/c13-8(4-7-2-1-3-14-6-7)11(18)15-9(12(19)20)5-10(16)17/h1-3,6,8-9H,4-5,13H2,(H,15,18)(H,16,17)(H,19,20)/t8-,9-/m0/s1. The molecule has 1 aromatic heterocycles. The molecule has 0 aromatic carbocycles. The fraction of sp³-hybridized carbons (Fsp3) is 0.333. The quantitative estimate of drug-likeness (QED) is 0.501. The number of aliphatic carboxylic acids is 2. The Bertz CT molecular complexity index is 491. The Hall–Kier alpha value is -2.48. The lowest BCUT2D eigenvalue weighted by Crippen LogP contribution is -2.49. The Kier molecular flexibility index (Phi) is 5.60. The Morgan fingerprint density at radius 2 is 2.05 bits per heavy atom. The minimum atomic E-state index is -1.50. The molecule has 0 aliphatic rings. The van der Waals surface area contributed by atoms with Gasteiger partial charge in [-0.3, -0.25) is 14.6 Å². The summed E-state index contributed by atoms with van der Waals surface area (Å²) in [5, 5.41) is 19.5. The lowest BCUT2D eigenvalue weighted by atomic mass is 10.1. The topological polar surface area (TPSA) is 143 Å². The van der Waals surface area contributed by atoms with Crippen molar-refractivity contribution in [3.63, 3.8) is 0 Å². The summed E-state index contributed by atoms with van der Waals surface area (Å²) >= 11 is 0. The molecule has 0 unspecified atom stereocenters. The molecule has 0 fully saturated rings. The summed E-state index contributed by atoms with van der Waals surface area (Å²) in [6.07, 6.45) is 2.58. The van der Waals surface area contributed by atoms with Crippen molar-refractivity contribution in [2.24, 2.45) is 5.73 Å². The molecule has 108 valence electrons. The molecule has 8 heteroatoms. The van der Waals surface area contributed by atoms with Gasteiger partial charge in [0.2, 0.25) is 5.91 Å². The van der Waals surface area contributed by atoms with E-state index in [9.17, 15) is 14.4 Å². The molecule has 0 radical (unpaired) electrons. The number of carboxylic acids is 2. The monoisotopic (exact) mass is 281 g/mol. The van der Waals surface area contributed by atoms with Gasteiger partial charge in [-0.1, -0.05) is 6.07 Å². The van der Waals surface area contributed by atoms with Crippen LogP contribution in [0.2, 0.25) is 0 Å². The Balaban J connectivity index is 2.59. The highest BCUT2D eigenvalue weighted by atomic mass is 16.4. The number of aromatic nitrogens is 1. The summed E-state index contributed by atoms with van der Waals surface area (Å²) in [7, 11) is 0. The van der Waals surface area contributed by atoms with Crippen molar-refractivity contribution >= 4 is 17.8 Å². The van der Waals surface area contributed by atoms with Gasteiger partial charge in [-0.25, -0.2) is 4.79 Å². The van der Waals surface area contributed by atoms with E-state index in [1.54, 1.807) is 24.5 Å². The molecule has 5 N–H and O–H groups in total. The number of nitrogens with one attached hydrogen (secondary N) is 1. The molecule has 20 heavy (non-hydrogen) atoms. The van der Waals surface area contributed by atoms with E-state index >= 15 is 0 Å². The maximum Gasteiger partial charge on any atom is 0.326 e. The normalized spacial score (nSPS) is 13.2. The van der Waals surface area contributed by atoms with Crippen molar-refractivity contribution in [3.8, 4) is 0 Å². The lowest BCUT2D eigenvalue weighted by molar-refractivity contribution is -0.147. The highest BCUT2D eigenvalue weighted by Crippen LogP contribution is 2.01. The molecule has 0 saturated carbocycles. The summed E-state index contributed by atoms with van der Waals surface area (Å²) in [6, 6.07) is 0.936. The number of pyridine rings is 1. The minimum absolute atomic E-state index is 0.180. The smallest absolute Gasteiger partial charge is 0.326 e. The number of amides is 1. The molecule has 0 aliphatic carbocycles. The average molecular weight is 281 g/mol. The second-order valence-corrected chi connectivity index (χ2v) is 4.17. The maximum absolute atomic E-state index is 11.7. The predicted octanol–water partition coefficient (Wildman–Crippen LogP) is -1.00. The number of carboxylic acid groups (broad SMARTS) is 2. The zero-order chi connectivity index (χ0) is 15.1. The Morgan fingerprint density at radius 1 is 1.35 bits per heavy atom. The average Bonchev–Trinajstić information content (AvgIpc) is 2.38. The number of rotatable bonds is 7. The molecule has 1 heterocycles. The number of hydrogen-bond donors (Lipinski definition) is 4. The van der Waals surface area contributed by atoms with Crippen LogP contribution in [0.15, 0.2) is 24.5 Å². The minimum Gasteiger partial charge on any atom is -0.481 e. The molecule has 1 rings (SSSR count). The summed E-state index contributed by atoms with van der Waals surface area (Å²) in [4.78, 5) is 36.9. The zero-order valence-corrected chi connectivity index (χ0v) is 10.5. The van der Waals surface area contributed by atoms with Gasteiger partial charge in [0.1, 0.15) is 6.04 Å². The van der Waals surface area contributed by atoms with E-state index < -0.39 is 36.4 Å². The summed E-state index contributed by atoms with van der Waals surface area (Å²) in [5.41, 5.74) is 6.37. The van der Waals surface area contributed by atoms with Crippen molar-refractivity contribution < 1.29 is 24.6 Å². The fourth-order valence-electron chi connectivity index (χ4n) is 1.52. The Morgan fingerprint density at radius 3 is 2.55 bits per heavy atom. The number of hydrogen-bond acceptors (Lipinski definition) is 5. The fourth-order valence-corrected chi connectivity index (χ4v) is 1.52. The van der Waals surface area contributed by atoms with Crippen LogP contribution in [-0.4, -0.2) is 45.1 Å². The van der Waals surface area contributed by atoms with Crippen LogP contribution in [0.3, 0.4) is 0 Å². The molecule has 0 spiro atoms. The van der Waals surface area contributed by atoms with Crippen molar-refractivity contribution in [2.45, 2.75) is 24.9 Å². The zero-order valence-electron chi connectivity index (χ0n) is 10.5. The number of nitrogens with zero attached hydrogens (tertiary/aromatic N) is 1. The van der Waals surface area contributed by atoms with Crippen LogP contribution >= 0.6 is 0 Å². The van der Waals surface area contributed by atoms with Gasteiger partial charge in [0, 0.05) is 12.4 Å². The van der Waals surface area contributed by atoms with Crippen LogP contribution < -0.4 is 11.1 Å². The summed E-state index contributed by atoms with van der Waals surface area (Å²) in [6.45, 7) is 0. The van der Waals surface area contributed by atoms with Crippen molar-refractivity contribution in [2.75, 3.05) is 0 Å². The summed E-state index contributed by atoms with van der Waals surface area (Å²) < 4.78 is 0. The van der Waals surface area contributed by atoms with Crippen LogP contribution in [0.25, 0.3) is 0 Å². The molecular weight excluding hydrogens is 266 g/mol. The first-order valence-corrected chi connectivity index (χ1v) is 5.79. The van der Waals surface area contributed by atoms with Gasteiger partial charge in [-0.15, -0.1) is 0 Å². The third-order valence-corrected chi connectivity index (χ3v) is 2.51. The highest BCUT2D eigenvalue weighted by Gasteiger charge is 2.25. The maximum atomic E-state index is 11.7. The number of nitrogens with two attached hydrogens (primary N) is 1. The van der Waals surface area contributed by atoms with Crippen LogP contribution in [-0.2, 0) is 20.8 Å². The van der Waals surface area contributed by atoms with Gasteiger partial charge in [0.15, 0.2) is 0 Å². The Labute approximate surface area is 114 Å². The predicted molar refractivity (Wildman–Crippen MR) is 67.7 cm³/mol. The van der Waals surface area contributed by atoms with Crippen LogP contribution in [0.1, 0.15) is 12.0 Å². The van der Waals surface area contributed by atoms with E-state index in [0.717, 1.165) is 5.56 Å². The summed E-state index contributed by atoms with van der Waals surface area (Å²) in [5.74, 6) is -3.46. The van der Waals surface area contributed by atoms with Gasteiger partial charge in [0.25, 0.3) is 0 Å². The molecule has 1 aromatic rings. The third-order valence-electron chi connectivity index (χ3n) is 2.51. The van der Waals surface area contributed by atoms with E-state index in [2.05, 4.69) is 10.3 Å². The van der Waals surface area contributed by atoms with Crippen LogP contribution in [0, 0.1) is 0 Å². The van der Waals surface area contributed by atoms with Gasteiger partial charge in [-0.2, -0.15) is 0 Å². The molecule has 8 nitrogen and oxygen atoms in total. The second-order valence-electron chi connectivity index (χ2n) is 4.17. The van der Waals surface area contributed by atoms with E-state index in [1.165, 1.54) is 0 Å². The highest BCUT2D eigenvalue weighted by molar-refractivity contribution is 5.89. The molecule has 0 saturated heterocycles. The van der Waals surface area contributed by atoms with E-state index in [1.807, 2.05) is 0 Å².